The second-order valence-corrected chi connectivity index (χ2v) is 5.82. The highest BCUT2D eigenvalue weighted by Crippen LogP contribution is 2.23. The molecule has 0 spiro atoms. The summed E-state index contributed by atoms with van der Waals surface area (Å²) in [6.07, 6.45) is -0.142. The van der Waals surface area contributed by atoms with Crippen LogP contribution in [-0.4, -0.2) is 12.1 Å². The second-order valence-electron chi connectivity index (χ2n) is 5.38. The summed E-state index contributed by atoms with van der Waals surface area (Å²) in [7, 11) is 0. The Morgan fingerprint density at radius 3 is 2.35 bits per heavy atom. The summed E-state index contributed by atoms with van der Waals surface area (Å²) < 4.78 is 11.3. The maximum Gasteiger partial charge on any atom is 0.340 e. The van der Waals surface area contributed by atoms with Crippen LogP contribution in [-0.2, 0) is 20.9 Å². The van der Waals surface area contributed by atoms with Crippen LogP contribution in [0.3, 0.4) is 0 Å². The smallest absolute Gasteiger partial charge is 0.340 e. The molecule has 0 saturated heterocycles. The van der Waals surface area contributed by atoms with E-state index in [9.17, 15) is 4.79 Å². The molecular formula is C19H21ClO3. The lowest BCUT2D eigenvalue weighted by molar-refractivity contribution is -0.163. The third kappa shape index (κ3) is 5.38. The maximum absolute atomic E-state index is 12.4. The van der Waals surface area contributed by atoms with Gasteiger partial charge in [-0.05, 0) is 36.6 Å². The van der Waals surface area contributed by atoms with Crippen molar-refractivity contribution in [2.24, 2.45) is 0 Å². The van der Waals surface area contributed by atoms with Crippen molar-refractivity contribution >= 4 is 17.6 Å². The van der Waals surface area contributed by atoms with Crippen molar-refractivity contribution < 1.29 is 14.3 Å². The summed E-state index contributed by atoms with van der Waals surface area (Å²) in [5.41, 5.74) is 1.74. The van der Waals surface area contributed by atoms with Gasteiger partial charge in [0.1, 0.15) is 0 Å². The molecule has 0 aliphatic carbocycles. The van der Waals surface area contributed by atoms with E-state index in [4.69, 9.17) is 21.1 Å². The van der Waals surface area contributed by atoms with E-state index >= 15 is 0 Å². The molecule has 0 fully saturated rings. The third-order valence-corrected chi connectivity index (χ3v) is 3.79. The van der Waals surface area contributed by atoms with Crippen molar-refractivity contribution in [2.45, 2.75) is 39.1 Å². The van der Waals surface area contributed by atoms with Crippen LogP contribution in [0.2, 0.25) is 5.02 Å². The van der Waals surface area contributed by atoms with Gasteiger partial charge in [-0.1, -0.05) is 61.0 Å². The Hall–Kier alpha value is -1.84. The van der Waals surface area contributed by atoms with Crippen LogP contribution in [0.15, 0.2) is 54.6 Å². The van der Waals surface area contributed by atoms with E-state index in [-0.39, 0.29) is 12.1 Å². The Morgan fingerprint density at radius 2 is 1.74 bits per heavy atom. The number of rotatable bonds is 7. The summed E-state index contributed by atoms with van der Waals surface area (Å²) in [6.45, 7) is 4.18. The lowest BCUT2D eigenvalue weighted by atomic mass is 10.1. The molecule has 4 heteroatoms. The largest absolute Gasteiger partial charge is 0.461 e. The lowest BCUT2D eigenvalue weighted by Crippen LogP contribution is -2.23. The first-order valence-electron chi connectivity index (χ1n) is 7.71. The van der Waals surface area contributed by atoms with Crippen molar-refractivity contribution in [2.75, 3.05) is 0 Å². The molecule has 0 aliphatic heterocycles. The topological polar surface area (TPSA) is 35.5 Å². The van der Waals surface area contributed by atoms with E-state index in [2.05, 4.69) is 0 Å². The molecule has 0 bridgehead atoms. The Bertz CT molecular complexity index is 610. The number of halogens is 1. The van der Waals surface area contributed by atoms with Crippen molar-refractivity contribution in [3.8, 4) is 0 Å². The van der Waals surface area contributed by atoms with Gasteiger partial charge in [0, 0.05) is 5.02 Å². The van der Waals surface area contributed by atoms with Crippen LogP contribution in [0.4, 0.5) is 0 Å². The van der Waals surface area contributed by atoms with E-state index in [1.165, 1.54) is 0 Å². The summed E-state index contributed by atoms with van der Waals surface area (Å²) in [5, 5.41) is 0.617. The number of hydrogen-bond donors (Lipinski definition) is 0. The van der Waals surface area contributed by atoms with Gasteiger partial charge in [-0.15, -0.1) is 0 Å². The van der Waals surface area contributed by atoms with Crippen molar-refractivity contribution in [3.05, 3.63) is 70.7 Å². The van der Waals surface area contributed by atoms with Gasteiger partial charge < -0.3 is 9.47 Å². The van der Waals surface area contributed by atoms with Gasteiger partial charge >= 0.3 is 5.97 Å². The zero-order chi connectivity index (χ0) is 16.7. The minimum atomic E-state index is -0.763. The van der Waals surface area contributed by atoms with Crippen LogP contribution in [0.1, 0.15) is 37.5 Å². The number of esters is 1. The van der Waals surface area contributed by atoms with E-state index in [0.717, 1.165) is 17.5 Å². The first-order chi connectivity index (χ1) is 11.1. The molecule has 2 aromatic carbocycles. The fourth-order valence-electron chi connectivity index (χ4n) is 2.04. The van der Waals surface area contributed by atoms with Crippen LogP contribution in [0.5, 0.6) is 0 Å². The zero-order valence-electron chi connectivity index (χ0n) is 13.4. The second kappa shape index (κ2) is 8.70. The van der Waals surface area contributed by atoms with E-state index in [1.807, 2.05) is 44.2 Å². The number of ether oxygens (including phenoxy) is 2. The zero-order valence-corrected chi connectivity index (χ0v) is 14.1. The summed E-state index contributed by atoms with van der Waals surface area (Å²) in [4.78, 5) is 12.4. The molecule has 0 heterocycles. The molecule has 122 valence electrons. The Labute approximate surface area is 142 Å². The van der Waals surface area contributed by atoms with Crippen molar-refractivity contribution in [1.29, 1.82) is 0 Å². The molecule has 2 aromatic rings. The molecule has 0 amide bonds. The monoisotopic (exact) mass is 332 g/mol. The minimum Gasteiger partial charge on any atom is -0.461 e. The van der Waals surface area contributed by atoms with Gasteiger partial charge in [-0.3, -0.25) is 0 Å². The number of hydrogen-bond acceptors (Lipinski definition) is 3. The average molecular weight is 333 g/mol. The number of carbonyl (C=O) groups is 1. The minimum absolute atomic E-state index is 0.141. The predicted octanol–water partition coefficient (Wildman–Crippen LogP) is 4.94. The Morgan fingerprint density at radius 1 is 1.09 bits per heavy atom. The van der Waals surface area contributed by atoms with E-state index in [0.29, 0.717) is 11.6 Å². The predicted molar refractivity (Wildman–Crippen MR) is 91.3 cm³/mol. The van der Waals surface area contributed by atoms with Crippen LogP contribution in [0.25, 0.3) is 0 Å². The molecule has 2 rings (SSSR count). The highest BCUT2D eigenvalue weighted by atomic mass is 35.5. The molecule has 0 N–H and O–H groups in total. The van der Waals surface area contributed by atoms with Gasteiger partial charge in [-0.2, -0.15) is 0 Å². The van der Waals surface area contributed by atoms with Crippen LogP contribution >= 0.6 is 11.6 Å². The van der Waals surface area contributed by atoms with Crippen molar-refractivity contribution in [1.82, 2.24) is 0 Å². The van der Waals surface area contributed by atoms with E-state index < -0.39 is 6.10 Å². The van der Waals surface area contributed by atoms with Gasteiger partial charge in [0.2, 0.25) is 0 Å². The Balaban J connectivity index is 2.13. The molecule has 2 unspecified atom stereocenters. The van der Waals surface area contributed by atoms with Crippen LogP contribution in [0, 0.1) is 0 Å². The highest BCUT2D eigenvalue weighted by molar-refractivity contribution is 6.30. The first kappa shape index (κ1) is 17.5. The normalized spacial score (nSPS) is 13.3. The van der Waals surface area contributed by atoms with Gasteiger partial charge in [0.05, 0.1) is 12.7 Å². The van der Waals surface area contributed by atoms with E-state index in [1.54, 1.807) is 24.3 Å². The van der Waals surface area contributed by atoms with Gasteiger partial charge in [0.25, 0.3) is 0 Å². The first-order valence-corrected chi connectivity index (χ1v) is 8.09. The maximum atomic E-state index is 12.4. The molecule has 2 atom stereocenters. The molecule has 0 radical (unpaired) electrons. The number of carbonyl (C=O) groups excluding carboxylic acids is 1. The fraction of sp³-hybridized carbons (Fsp3) is 0.316. The highest BCUT2D eigenvalue weighted by Gasteiger charge is 2.24. The molecule has 3 nitrogen and oxygen atoms in total. The summed E-state index contributed by atoms with van der Waals surface area (Å²) >= 11 is 5.92. The summed E-state index contributed by atoms with van der Waals surface area (Å²) in [5.74, 6) is -0.377. The molecule has 0 aliphatic rings. The average Bonchev–Trinajstić information content (AvgIpc) is 2.57. The van der Waals surface area contributed by atoms with Crippen molar-refractivity contribution in [3.63, 3.8) is 0 Å². The standard InChI is InChI=1S/C19H21ClO3/c1-3-14(2)23-19(21)18(16-9-11-17(20)12-10-16)22-13-15-7-5-4-6-8-15/h4-12,14,18H,3,13H2,1-2H3. The lowest BCUT2D eigenvalue weighted by Gasteiger charge is -2.20. The fourth-order valence-corrected chi connectivity index (χ4v) is 2.16. The summed E-state index contributed by atoms with van der Waals surface area (Å²) in [6, 6.07) is 16.8. The van der Waals surface area contributed by atoms with Gasteiger partial charge in [-0.25, -0.2) is 4.79 Å². The Kier molecular flexibility index (Phi) is 6.63. The molecule has 23 heavy (non-hydrogen) atoms. The number of benzene rings is 2. The SMILES string of the molecule is CCC(C)OC(=O)C(OCc1ccccc1)c1ccc(Cl)cc1. The van der Waals surface area contributed by atoms with Gasteiger partial charge in [0.15, 0.2) is 6.10 Å². The third-order valence-electron chi connectivity index (χ3n) is 3.54. The molecule has 0 saturated carbocycles. The van der Waals surface area contributed by atoms with Crippen LogP contribution < -0.4 is 0 Å². The molecule has 0 aromatic heterocycles. The quantitative estimate of drug-likeness (QED) is 0.674. The molecular weight excluding hydrogens is 312 g/mol.